The van der Waals surface area contributed by atoms with E-state index in [1.165, 1.54) is 43.9 Å². The van der Waals surface area contributed by atoms with Crippen molar-refractivity contribution in [3.8, 4) is 10.4 Å². The first kappa shape index (κ1) is 31.6. The Morgan fingerprint density at radius 1 is 0.881 bits per heavy atom. The van der Waals surface area contributed by atoms with Gasteiger partial charge in [-0.1, -0.05) is 18.2 Å². The Bertz CT molecular complexity index is 1470. The van der Waals surface area contributed by atoms with Gasteiger partial charge in [0.2, 0.25) is 12.4 Å². The lowest BCUT2D eigenvalue weighted by atomic mass is 9.92. The molecule has 224 valence electrons. The van der Waals surface area contributed by atoms with Crippen LogP contribution in [0.5, 0.6) is 0 Å². The molecule has 0 radical (unpaired) electrons. The Balaban J connectivity index is 1.67. The SMILES string of the molecule is CS[C@H]1C(c2ccc(C)c(Cc3ccc(-c4cc(F)c(F)c(F)c4)s3)c2)O[C@H](OC(C)=O)[C@@H](OC(C)=O)[C@@H]1OC(C)=O. The molecular weight excluding hydrogens is 593 g/mol. The van der Waals surface area contributed by atoms with Gasteiger partial charge in [-0.3, -0.25) is 14.4 Å². The van der Waals surface area contributed by atoms with Gasteiger partial charge in [0, 0.05) is 36.9 Å². The van der Waals surface area contributed by atoms with Gasteiger partial charge in [-0.2, -0.15) is 11.8 Å². The molecule has 42 heavy (non-hydrogen) atoms. The van der Waals surface area contributed by atoms with Gasteiger partial charge in [-0.05, 0) is 59.7 Å². The topological polar surface area (TPSA) is 88.1 Å². The van der Waals surface area contributed by atoms with Crippen molar-refractivity contribution in [2.75, 3.05) is 6.26 Å². The van der Waals surface area contributed by atoms with E-state index in [4.69, 9.17) is 18.9 Å². The van der Waals surface area contributed by atoms with Gasteiger partial charge in [0.25, 0.3) is 0 Å². The van der Waals surface area contributed by atoms with E-state index in [0.717, 1.165) is 28.1 Å². The van der Waals surface area contributed by atoms with Gasteiger partial charge in [0.05, 0.1) is 5.25 Å². The summed E-state index contributed by atoms with van der Waals surface area (Å²) in [5.74, 6) is -5.95. The lowest BCUT2D eigenvalue weighted by molar-refractivity contribution is -0.266. The zero-order valence-corrected chi connectivity index (χ0v) is 25.1. The van der Waals surface area contributed by atoms with E-state index in [9.17, 15) is 27.6 Å². The second kappa shape index (κ2) is 13.3. The third-order valence-electron chi connectivity index (χ3n) is 6.65. The second-order valence-corrected chi connectivity index (χ2v) is 11.9. The number of hydrogen-bond acceptors (Lipinski definition) is 9. The van der Waals surface area contributed by atoms with Crippen LogP contribution in [0, 0.1) is 24.4 Å². The predicted octanol–water partition coefficient (Wildman–Crippen LogP) is 6.29. The van der Waals surface area contributed by atoms with E-state index in [-0.39, 0.29) is 5.56 Å². The number of esters is 3. The maximum Gasteiger partial charge on any atom is 0.305 e. The Morgan fingerprint density at radius 2 is 1.50 bits per heavy atom. The summed E-state index contributed by atoms with van der Waals surface area (Å²) in [6.07, 6.45) is -1.93. The maximum atomic E-state index is 13.8. The molecule has 5 atom stereocenters. The van der Waals surface area contributed by atoms with Gasteiger partial charge < -0.3 is 18.9 Å². The number of carbonyl (C=O) groups excluding carboxylic acids is 3. The molecule has 1 aliphatic rings. The zero-order chi connectivity index (χ0) is 30.7. The first-order chi connectivity index (χ1) is 19.9. The van der Waals surface area contributed by atoms with Crippen LogP contribution in [0.25, 0.3) is 10.4 Å². The summed E-state index contributed by atoms with van der Waals surface area (Å²) >= 11 is 2.67. The van der Waals surface area contributed by atoms with Crippen LogP contribution in [0.1, 0.15) is 48.4 Å². The van der Waals surface area contributed by atoms with E-state index in [1.807, 2.05) is 31.2 Å². The van der Waals surface area contributed by atoms with Gasteiger partial charge in [-0.25, -0.2) is 13.2 Å². The maximum absolute atomic E-state index is 13.8. The highest BCUT2D eigenvalue weighted by Gasteiger charge is 2.51. The largest absolute Gasteiger partial charge is 0.457 e. The number of carbonyl (C=O) groups is 3. The van der Waals surface area contributed by atoms with Crippen LogP contribution in [0.2, 0.25) is 0 Å². The Labute approximate surface area is 249 Å². The van der Waals surface area contributed by atoms with Crippen molar-refractivity contribution in [2.24, 2.45) is 0 Å². The monoisotopic (exact) mass is 622 g/mol. The molecule has 3 aromatic rings. The number of rotatable bonds is 8. The molecule has 1 aromatic heterocycles. The summed E-state index contributed by atoms with van der Waals surface area (Å²) in [7, 11) is 0. The van der Waals surface area contributed by atoms with E-state index in [1.54, 1.807) is 12.3 Å². The summed E-state index contributed by atoms with van der Waals surface area (Å²) in [4.78, 5) is 37.3. The first-order valence-corrected chi connectivity index (χ1v) is 15.0. The Kier molecular flexibility index (Phi) is 10.0. The van der Waals surface area contributed by atoms with Crippen LogP contribution in [0.4, 0.5) is 13.2 Å². The average molecular weight is 623 g/mol. The third-order valence-corrected chi connectivity index (χ3v) is 8.84. The Hall–Kier alpha value is -3.35. The summed E-state index contributed by atoms with van der Waals surface area (Å²) < 4.78 is 63.6. The Morgan fingerprint density at radius 3 is 2.10 bits per heavy atom. The first-order valence-electron chi connectivity index (χ1n) is 12.9. The smallest absolute Gasteiger partial charge is 0.305 e. The molecule has 2 heterocycles. The summed E-state index contributed by atoms with van der Waals surface area (Å²) in [5.41, 5.74) is 2.85. The van der Waals surface area contributed by atoms with Crippen LogP contribution in [-0.2, 0) is 39.8 Å². The second-order valence-electron chi connectivity index (χ2n) is 9.77. The van der Waals surface area contributed by atoms with E-state index in [0.29, 0.717) is 16.9 Å². The lowest BCUT2D eigenvalue weighted by Crippen LogP contribution is -2.57. The average Bonchev–Trinajstić information content (AvgIpc) is 3.37. The fraction of sp³-hybridized carbons (Fsp3) is 0.367. The zero-order valence-electron chi connectivity index (χ0n) is 23.4. The van der Waals surface area contributed by atoms with Crippen molar-refractivity contribution >= 4 is 41.0 Å². The molecule has 0 bridgehead atoms. The number of thiophene rings is 1. The molecule has 2 aromatic carbocycles. The van der Waals surface area contributed by atoms with Gasteiger partial charge in [0.1, 0.15) is 6.10 Å². The molecular formula is C30H29F3O7S2. The molecule has 1 saturated heterocycles. The highest BCUT2D eigenvalue weighted by Crippen LogP contribution is 2.42. The summed E-state index contributed by atoms with van der Waals surface area (Å²) in [6, 6.07) is 11.2. The van der Waals surface area contributed by atoms with E-state index < -0.39 is 65.2 Å². The highest BCUT2D eigenvalue weighted by atomic mass is 32.2. The number of thioether (sulfide) groups is 1. The summed E-state index contributed by atoms with van der Waals surface area (Å²) in [6.45, 7) is 5.56. The molecule has 1 unspecified atom stereocenters. The molecule has 7 nitrogen and oxygen atoms in total. The molecule has 0 aliphatic carbocycles. The third kappa shape index (κ3) is 7.16. The van der Waals surface area contributed by atoms with E-state index >= 15 is 0 Å². The minimum Gasteiger partial charge on any atom is -0.457 e. The molecule has 0 N–H and O–H groups in total. The van der Waals surface area contributed by atoms with Crippen molar-refractivity contribution in [2.45, 2.75) is 64.0 Å². The number of hydrogen-bond donors (Lipinski definition) is 0. The van der Waals surface area contributed by atoms with Gasteiger partial charge in [0.15, 0.2) is 23.6 Å². The minimum absolute atomic E-state index is 0.238. The van der Waals surface area contributed by atoms with Crippen molar-refractivity contribution in [3.05, 3.63) is 81.5 Å². The predicted molar refractivity (Wildman–Crippen MR) is 151 cm³/mol. The molecule has 0 spiro atoms. The van der Waals surface area contributed by atoms with Crippen LogP contribution in [-0.4, -0.2) is 47.9 Å². The number of ether oxygens (including phenoxy) is 4. The fourth-order valence-corrected chi connectivity index (χ4v) is 6.78. The van der Waals surface area contributed by atoms with Crippen molar-refractivity contribution in [3.63, 3.8) is 0 Å². The van der Waals surface area contributed by atoms with Crippen LogP contribution < -0.4 is 0 Å². The molecule has 4 rings (SSSR count). The normalized spacial score (nSPS) is 22.0. The van der Waals surface area contributed by atoms with Gasteiger partial charge in [-0.15, -0.1) is 11.3 Å². The molecule has 1 fully saturated rings. The van der Waals surface area contributed by atoms with Gasteiger partial charge >= 0.3 is 17.9 Å². The standard InChI is InChI=1S/C30H29F3O7S2/c1-14-6-7-18(10-19(14)11-21-8-9-24(42-21)20-12-22(31)25(33)23(32)13-20)26-29(41-5)27(37-15(2)34)28(38-16(3)35)30(40-26)39-17(4)36/h6-10,12-13,26-30H,11H2,1-5H3/t26?,27-,28-,29-,30-/m0/s1. The molecule has 0 saturated carbocycles. The van der Waals surface area contributed by atoms with E-state index in [2.05, 4.69) is 0 Å². The number of halogens is 3. The molecule has 1 aliphatic heterocycles. The summed E-state index contributed by atoms with van der Waals surface area (Å²) in [5, 5.41) is -0.530. The van der Waals surface area contributed by atoms with Crippen LogP contribution in [0.15, 0.2) is 42.5 Å². The fourth-order valence-electron chi connectivity index (χ4n) is 4.81. The van der Waals surface area contributed by atoms with Crippen molar-refractivity contribution in [1.29, 1.82) is 0 Å². The number of aryl methyl sites for hydroxylation is 1. The molecule has 12 heteroatoms. The van der Waals surface area contributed by atoms with Crippen LogP contribution >= 0.6 is 23.1 Å². The van der Waals surface area contributed by atoms with Crippen LogP contribution in [0.3, 0.4) is 0 Å². The lowest BCUT2D eigenvalue weighted by Gasteiger charge is -2.44. The quantitative estimate of drug-likeness (QED) is 0.165. The van der Waals surface area contributed by atoms with Crippen molar-refractivity contribution in [1.82, 2.24) is 0 Å². The minimum atomic E-state index is -1.51. The molecule has 0 amide bonds. The highest BCUT2D eigenvalue weighted by molar-refractivity contribution is 7.99. The van der Waals surface area contributed by atoms with Crippen molar-refractivity contribution < 1.29 is 46.5 Å². The number of benzene rings is 2.